The zero-order chi connectivity index (χ0) is 13.1. The highest BCUT2D eigenvalue weighted by Crippen LogP contribution is 2.22. The van der Waals surface area contributed by atoms with Gasteiger partial charge in [-0.15, -0.1) is 0 Å². The summed E-state index contributed by atoms with van der Waals surface area (Å²) in [5.74, 6) is 0. The average Bonchev–Trinajstić information content (AvgIpc) is 2.36. The van der Waals surface area contributed by atoms with E-state index in [1.165, 1.54) is 18.2 Å². The van der Waals surface area contributed by atoms with Crippen molar-refractivity contribution in [2.24, 2.45) is 0 Å². The Hall–Kier alpha value is -1.50. The van der Waals surface area contributed by atoms with Crippen molar-refractivity contribution in [1.82, 2.24) is 0 Å². The van der Waals surface area contributed by atoms with Crippen LogP contribution in [0.4, 0.5) is 0 Å². The van der Waals surface area contributed by atoms with Crippen LogP contribution in [0.1, 0.15) is 24.5 Å². The summed E-state index contributed by atoms with van der Waals surface area (Å²) in [5.41, 5.74) is 0.226. The van der Waals surface area contributed by atoms with Crippen molar-refractivity contribution in [3.05, 3.63) is 29.3 Å². The minimum Gasteiger partial charge on any atom is -0.223 e. The monoisotopic (exact) mass is 266 g/mol. The summed E-state index contributed by atoms with van der Waals surface area (Å²) in [6.07, 6.45) is 0.368. The first-order valence-electron chi connectivity index (χ1n) is 4.83. The minimum absolute atomic E-state index is 0.0231. The van der Waals surface area contributed by atoms with Crippen molar-refractivity contribution in [2.75, 3.05) is 0 Å². The van der Waals surface area contributed by atoms with Crippen LogP contribution in [-0.2, 0) is 9.84 Å². The van der Waals surface area contributed by atoms with Crippen molar-refractivity contribution in [3.8, 4) is 12.1 Å². The fourth-order valence-electron chi connectivity index (χ4n) is 1.27. The number of sulfone groups is 1. The van der Waals surface area contributed by atoms with Crippen LogP contribution in [-0.4, -0.2) is 13.0 Å². The van der Waals surface area contributed by atoms with Gasteiger partial charge in [0.2, 0.25) is 0 Å². The Morgan fingerprint density at radius 3 is 2.35 bits per heavy atom. The standard InChI is InChI=1S/C11H10N2O2S2/c1-2-11(16)17(14,15)10-4-3-8(6-12)9(5-10)7-13/h3-5,11,16H,2H2,1H3. The van der Waals surface area contributed by atoms with E-state index in [1.54, 1.807) is 13.0 Å². The normalized spacial score (nSPS) is 12.5. The Bertz CT molecular complexity index is 609. The third-order valence-corrected chi connectivity index (χ3v) is 5.43. The lowest BCUT2D eigenvalue weighted by Crippen LogP contribution is -2.14. The highest BCUT2D eigenvalue weighted by Gasteiger charge is 2.23. The van der Waals surface area contributed by atoms with Gasteiger partial charge in [0, 0.05) is 0 Å². The molecular weight excluding hydrogens is 256 g/mol. The van der Waals surface area contributed by atoms with Gasteiger partial charge in [-0.2, -0.15) is 23.2 Å². The van der Waals surface area contributed by atoms with Crippen LogP contribution in [0.15, 0.2) is 23.1 Å². The van der Waals surface area contributed by atoms with Gasteiger partial charge in [0.1, 0.15) is 16.7 Å². The van der Waals surface area contributed by atoms with Crippen LogP contribution in [0.25, 0.3) is 0 Å². The van der Waals surface area contributed by atoms with E-state index in [0.717, 1.165) is 0 Å². The largest absolute Gasteiger partial charge is 0.223 e. The van der Waals surface area contributed by atoms with Crippen molar-refractivity contribution >= 4 is 22.5 Å². The molecule has 0 aliphatic carbocycles. The van der Waals surface area contributed by atoms with Gasteiger partial charge in [-0.25, -0.2) is 8.42 Å². The topological polar surface area (TPSA) is 81.7 Å². The van der Waals surface area contributed by atoms with Crippen LogP contribution in [0, 0.1) is 22.7 Å². The Balaban J connectivity index is 3.38. The molecule has 0 bridgehead atoms. The van der Waals surface area contributed by atoms with Crippen molar-refractivity contribution < 1.29 is 8.42 Å². The zero-order valence-electron chi connectivity index (χ0n) is 9.08. The molecule has 0 amide bonds. The molecule has 0 aliphatic rings. The quantitative estimate of drug-likeness (QED) is 0.847. The summed E-state index contributed by atoms with van der Waals surface area (Å²) < 4.78 is 23.1. The SMILES string of the molecule is CCC(S)S(=O)(=O)c1ccc(C#N)c(C#N)c1. The predicted octanol–water partition coefficient (Wildman–Crippen LogP) is 1.87. The Labute approximate surface area is 106 Å². The lowest BCUT2D eigenvalue weighted by atomic mass is 10.1. The molecule has 17 heavy (non-hydrogen) atoms. The minimum atomic E-state index is -3.54. The summed E-state index contributed by atoms with van der Waals surface area (Å²) in [4.78, 5) is 0.0231. The van der Waals surface area contributed by atoms with E-state index in [0.29, 0.717) is 6.42 Å². The smallest absolute Gasteiger partial charge is 0.190 e. The maximum atomic E-state index is 12.0. The molecule has 88 valence electrons. The van der Waals surface area contributed by atoms with Gasteiger partial charge in [-0.3, -0.25) is 0 Å². The van der Waals surface area contributed by atoms with Gasteiger partial charge >= 0.3 is 0 Å². The second-order valence-corrected chi connectivity index (χ2v) is 6.44. The summed E-state index contributed by atoms with van der Waals surface area (Å²) in [6, 6.07) is 7.51. The zero-order valence-corrected chi connectivity index (χ0v) is 10.8. The number of rotatable bonds is 3. The molecule has 0 radical (unpaired) electrons. The summed E-state index contributed by atoms with van der Waals surface area (Å²) in [7, 11) is -3.54. The van der Waals surface area contributed by atoms with E-state index in [1.807, 2.05) is 6.07 Å². The first-order valence-corrected chi connectivity index (χ1v) is 6.89. The molecule has 1 rings (SSSR count). The fraction of sp³-hybridized carbons (Fsp3) is 0.273. The van der Waals surface area contributed by atoms with Crippen molar-refractivity contribution in [1.29, 1.82) is 10.5 Å². The third-order valence-electron chi connectivity index (χ3n) is 2.27. The van der Waals surface area contributed by atoms with Crippen LogP contribution in [0.3, 0.4) is 0 Å². The molecule has 0 heterocycles. The molecule has 0 aliphatic heterocycles. The van der Waals surface area contributed by atoms with Gasteiger partial charge < -0.3 is 0 Å². The molecule has 0 fully saturated rings. The molecule has 0 spiro atoms. The summed E-state index contributed by atoms with van der Waals surface area (Å²) in [5, 5.41) is 17.6. The first kappa shape index (κ1) is 13.6. The van der Waals surface area contributed by atoms with E-state index >= 15 is 0 Å². The Morgan fingerprint density at radius 1 is 1.29 bits per heavy atom. The molecule has 0 saturated heterocycles. The average molecular weight is 266 g/mol. The highest BCUT2D eigenvalue weighted by molar-refractivity contribution is 8.04. The number of nitriles is 2. The molecule has 4 nitrogen and oxygen atoms in total. The molecule has 1 atom stereocenters. The lowest BCUT2D eigenvalue weighted by Gasteiger charge is -2.10. The van der Waals surface area contributed by atoms with Crippen LogP contribution in [0.5, 0.6) is 0 Å². The van der Waals surface area contributed by atoms with Gasteiger partial charge in [-0.1, -0.05) is 6.92 Å². The first-order chi connectivity index (χ1) is 7.97. The van der Waals surface area contributed by atoms with Gasteiger partial charge in [0.15, 0.2) is 9.84 Å². The van der Waals surface area contributed by atoms with Crippen LogP contribution < -0.4 is 0 Å². The van der Waals surface area contributed by atoms with Gasteiger partial charge in [0.05, 0.1) is 16.0 Å². The van der Waals surface area contributed by atoms with E-state index in [4.69, 9.17) is 10.5 Å². The number of thiol groups is 1. The molecular formula is C11H10N2O2S2. The molecule has 0 aromatic heterocycles. The maximum Gasteiger partial charge on any atom is 0.190 e. The lowest BCUT2D eigenvalue weighted by molar-refractivity contribution is 0.592. The Kier molecular flexibility index (Phi) is 4.17. The molecule has 0 N–H and O–H groups in total. The van der Waals surface area contributed by atoms with E-state index in [-0.39, 0.29) is 16.0 Å². The van der Waals surface area contributed by atoms with Crippen LogP contribution in [0.2, 0.25) is 0 Å². The summed E-state index contributed by atoms with van der Waals surface area (Å²) in [6.45, 7) is 1.71. The molecule has 1 aromatic rings. The second kappa shape index (κ2) is 5.22. The van der Waals surface area contributed by atoms with Crippen molar-refractivity contribution in [3.63, 3.8) is 0 Å². The number of hydrogen-bond acceptors (Lipinski definition) is 5. The maximum absolute atomic E-state index is 12.0. The summed E-state index contributed by atoms with van der Waals surface area (Å²) >= 11 is 4.00. The number of benzene rings is 1. The van der Waals surface area contributed by atoms with Gasteiger partial charge in [-0.05, 0) is 24.6 Å². The second-order valence-electron chi connectivity index (χ2n) is 3.34. The Morgan fingerprint density at radius 2 is 1.88 bits per heavy atom. The van der Waals surface area contributed by atoms with E-state index in [2.05, 4.69) is 12.6 Å². The third kappa shape index (κ3) is 2.60. The van der Waals surface area contributed by atoms with E-state index < -0.39 is 14.4 Å². The number of nitrogens with zero attached hydrogens (tertiary/aromatic N) is 2. The van der Waals surface area contributed by atoms with Crippen LogP contribution >= 0.6 is 12.6 Å². The fourth-order valence-corrected chi connectivity index (χ4v) is 2.92. The molecule has 1 unspecified atom stereocenters. The predicted molar refractivity (Wildman–Crippen MR) is 66.1 cm³/mol. The highest BCUT2D eigenvalue weighted by atomic mass is 32.2. The van der Waals surface area contributed by atoms with E-state index in [9.17, 15) is 8.42 Å². The van der Waals surface area contributed by atoms with Gasteiger partial charge in [0.25, 0.3) is 0 Å². The van der Waals surface area contributed by atoms with Crippen molar-refractivity contribution in [2.45, 2.75) is 22.8 Å². The molecule has 0 saturated carbocycles. The molecule has 6 heteroatoms. The number of hydrogen-bond donors (Lipinski definition) is 1. The molecule has 1 aromatic carbocycles.